The summed E-state index contributed by atoms with van der Waals surface area (Å²) in [5.74, 6) is 0.838. The van der Waals surface area contributed by atoms with Gasteiger partial charge < -0.3 is 10.1 Å². The Labute approximate surface area is 116 Å². The Kier molecular flexibility index (Phi) is 4.16. The zero-order valence-electron chi connectivity index (χ0n) is 11.2. The number of thiazole rings is 1. The lowest BCUT2D eigenvalue weighted by molar-refractivity contribution is -0.115. The van der Waals surface area contributed by atoms with Gasteiger partial charge in [0.1, 0.15) is 5.75 Å². The first-order valence-electron chi connectivity index (χ1n) is 6.04. The van der Waals surface area contributed by atoms with E-state index in [9.17, 15) is 4.79 Å². The number of nitrogens with zero attached hydrogens (tertiary/aromatic N) is 1. The summed E-state index contributed by atoms with van der Waals surface area (Å²) in [6.07, 6.45) is 0.455. The number of nitrogens with one attached hydrogen (secondary N) is 1. The summed E-state index contributed by atoms with van der Waals surface area (Å²) in [4.78, 5) is 15.7. The minimum Gasteiger partial charge on any atom is -0.496 e. The van der Waals surface area contributed by atoms with E-state index in [-0.39, 0.29) is 5.91 Å². The summed E-state index contributed by atoms with van der Waals surface area (Å²) in [6, 6.07) is 5.92. The number of amides is 1. The van der Waals surface area contributed by atoms with Crippen LogP contribution in [0, 0.1) is 6.92 Å². The molecule has 100 valence electrons. The second kappa shape index (κ2) is 5.84. The maximum atomic E-state index is 11.3. The van der Waals surface area contributed by atoms with Gasteiger partial charge in [-0.15, -0.1) is 11.3 Å². The molecule has 4 nitrogen and oxygen atoms in total. The average Bonchev–Trinajstić information content (AvgIpc) is 2.87. The molecule has 0 saturated heterocycles. The lowest BCUT2D eigenvalue weighted by Gasteiger charge is -2.05. The summed E-state index contributed by atoms with van der Waals surface area (Å²) >= 11 is 1.43. The van der Waals surface area contributed by atoms with E-state index in [1.54, 1.807) is 7.11 Å². The van der Waals surface area contributed by atoms with Gasteiger partial charge in [-0.2, -0.15) is 0 Å². The Morgan fingerprint density at radius 1 is 1.47 bits per heavy atom. The van der Waals surface area contributed by atoms with Crippen LogP contribution in [0.2, 0.25) is 0 Å². The minimum atomic E-state index is -0.0215. The molecule has 0 spiro atoms. The normalized spacial score (nSPS) is 10.3. The molecule has 0 radical (unpaired) electrons. The molecule has 0 fully saturated rings. The molecule has 2 rings (SSSR count). The van der Waals surface area contributed by atoms with Crippen LogP contribution in [-0.2, 0) is 4.79 Å². The smallest absolute Gasteiger partial charge is 0.225 e. The Hall–Kier alpha value is -1.88. The summed E-state index contributed by atoms with van der Waals surface area (Å²) in [6.45, 7) is 3.81. The predicted molar refractivity (Wildman–Crippen MR) is 77.8 cm³/mol. The zero-order valence-corrected chi connectivity index (χ0v) is 12.0. The van der Waals surface area contributed by atoms with Crippen LogP contribution in [0.3, 0.4) is 0 Å². The van der Waals surface area contributed by atoms with E-state index in [2.05, 4.69) is 10.3 Å². The first kappa shape index (κ1) is 13.5. The first-order valence-corrected chi connectivity index (χ1v) is 6.92. The molecule has 2 aromatic rings. The van der Waals surface area contributed by atoms with Crippen LogP contribution in [0.1, 0.15) is 18.9 Å². The number of hydrogen-bond donors (Lipinski definition) is 1. The van der Waals surface area contributed by atoms with E-state index < -0.39 is 0 Å². The molecule has 0 saturated carbocycles. The van der Waals surface area contributed by atoms with Gasteiger partial charge in [-0.25, -0.2) is 4.98 Å². The molecule has 0 aliphatic rings. The maximum Gasteiger partial charge on any atom is 0.225 e. The third kappa shape index (κ3) is 3.12. The molecular formula is C14H16N2O2S. The van der Waals surface area contributed by atoms with Crippen molar-refractivity contribution in [1.29, 1.82) is 0 Å². The van der Waals surface area contributed by atoms with Crippen molar-refractivity contribution in [1.82, 2.24) is 4.98 Å². The van der Waals surface area contributed by atoms with Crippen molar-refractivity contribution in [2.75, 3.05) is 12.4 Å². The molecule has 1 N–H and O–H groups in total. The SMILES string of the molecule is CCC(=O)Nc1nc(-c2ccc(OC)c(C)c2)cs1. The summed E-state index contributed by atoms with van der Waals surface area (Å²) in [5, 5.41) is 5.33. The highest BCUT2D eigenvalue weighted by atomic mass is 32.1. The van der Waals surface area contributed by atoms with E-state index in [1.807, 2.05) is 37.4 Å². The second-order valence-electron chi connectivity index (χ2n) is 4.12. The van der Waals surface area contributed by atoms with Gasteiger partial charge >= 0.3 is 0 Å². The van der Waals surface area contributed by atoms with E-state index >= 15 is 0 Å². The van der Waals surface area contributed by atoms with Crippen LogP contribution >= 0.6 is 11.3 Å². The first-order chi connectivity index (χ1) is 9.13. The molecule has 19 heavy (non-hydrogen) atoms. The zero-order chi connectivity index (χ0) is 13.8. The fourth-order valence-electron chi connectivity index (χ4n) is 1.71. The topological polar surface area (TPSA) is 51.2 Å². The van der Waals surface area contributed by atoms with Crippen LogP contribution in [0.4, 0.5) is 5.13 Å². The molecule has 0 bridgehead atoms. The quantitative estimate of drug-likeness (QED) is 0.930. The van der Waals surface area contributed by atoms with Crippen LogP contribution < -0.4 is 10.1 Å². The van der Waals surface area contributed by atoms with Gasteiger partial charge in [0.25, 0.3) is 0 Å². The number of benzene rings is 1. The number of carbonyl (C=O) groups excluding carboxylic acids is 1. The number of carbonyl (C=O) groups is 1. The Bertz CT molecular complexity index is 593. The van der Waals surface area contributed by atoms with E-state index in [0.717, 1.165) is 22.6 Å². The van der Waals surface area contributed by atoms with Gasteiger partial charge in [-0.1, -0.05) is 6.92 Å². The summed E-state index contributed by atoms with van der Waals surface area (Å²) in [7, 11) is 1.66. The molecule has 0 aliphatic heterocycles. The van der Waals surface area contributed by atoms with Crippen molar-refractivity contribution in [2.24, 2.45) is 0 Å². The summed E-state index contributed by atoms with van der Waals surface area (Å²) < 4.78 is 5.23. The number of aromatic nitrogens is 1. The van der Waals surface area contributed by atoms with Gasteiger partial charge in [0.2, 0.25) is 5.91 Å². The largest absolute Gasteiger partial charge is 0.496 e. The van der Waals surface area contributed by atoms with Gasteiger partial charge in [-0.05, 0) is 30.7 Å². The van der Waals surface area contributed by atoms with Crippen molar-refractivity contribution in [2.45, 2.75) is 20.3 Å². The molecule has 1 heterocycles. The number of aryl methyl sites for hydroxylation is 1. The molecule has 1 amide bonds. The molecule has 5 heteroatoms. The maximum absolute atomic E-state index is 11.3. The van der Waals surface area contributed by atoms with E-state index in [0.29, 0.717) is 11.6 Å². The average molecular weight is 276 g/mol. The van der Waals surface area contributed by atoms with Gasteiger partial charge in [0, 0.05) is 17.4 Å². The van der Waals surface area contributed by atoms with Gasteiger partial charge in [0.15, 0.2) is 5.13 Å². The fraction of sp³-hybridized carbons (Fsp3) is 0.286. The molecule has 1 aromatic carbocycles. The van der Waals surface area contributed by atoms with E-state index in [1.165, 1.54) is 11.3 Å². The number of methoxy groups -OCH3 is 1. The fourth-order valence-corrected chi connectivity index (χ4v) is 2.45. The van der Waals surface area contributed by atoms with Crippen LogP contribution in [0.15, 0.2) is 23.6 Å². The van der Waals surface area contributed by atoms with Crippen LogP contribution in [0.5, 0.6) is 5.75 Å². The molecule has 0 unspecified atom stereocenters. The number of hydrogen-bond acceptors (Lipinski definition) is 4. The van der Waals surface area contributed by atoms with Crippen molar-refractivity contribution in [3.63, 3.8) is 0 Å². The lowest BCUT2D eigenvalue weighted by atomic mass is 10.1. The lowest BCUT2D eigenvalue weighted by Crippen LogP contribution is -2.08. The number of ether oxygens (including phenoxy) is 1. The molecule has 0 atom stereocenters. The van der Waals surface area contributed by atoms with Crippen LogP contribution in [0.25, 0.3) is 11.3 Å². The molecular weight excluding hydrogens is 260 g/mol. The van der Waals surface area contributed by atoms with Gasteiger partial charge in [0.05, 0.1) is 12.8 Å². The highest BCUT2D eigenvalue weighted by Gasteiger charge is 2.08. The van der Waals surface area contributed by atoms with Crippen molar-refractivity contribution in [3.8, 4) is 17.0 Å². The Morgan fingerprint density at radius 2 is 2.26 bits per heavy atom. The molecule has 1 aromatic heterocycles. The van der Waals surface area contributed by atoms with Crippen molar-refractivity contribution < 1.29 is 9.53 Å². The van der Waals surface area contributed by atoms with Crippen LogP contribution in [-0.4, -0.2) is 18.0 Å². The number of rotatable bonds is 4. The third-order valence-corrected chi connectivity index (χ3v) is 3.52. The Morgan fingerprint density at radius 3 is 2.89 bits per heavy atom. The van der Waals surface area contributed by atoms with E-state index in [4.69, 9.17) is 4.74 Å². The molecule has 0 aliphatic carbocycles. The van der Waals surface area contributed by atoms with Crippen molar-refractivity contribution in [3.05, 3.63) is 29.1 Å². The minimum absolute atomic E-state index is 0.0215. The summed E-state index contributed by atoms with van der Waals surface area (Å²) in [5.41, 5.74) is 2.95. The van der Waals surface area contributed by atoms with Crippen molar-refractivity contribution >= 4 is 22.4 Å². The highest BCUT2D eigenvalue weighted by molar-refractivity contribution is 7.14. The second-order valence-corrected chi connectivity index (χ2v) is 4.98. The Balaban J connectivity index is 2.23. The standard InChI is InChI=1S/C14H16N2O2S/c1-4-13(17)16-14-15-11(8-19-14)10-5-6-12(18-3)9(2)7-10/h5-8H,4H2,1-3H3,(H,15,16,17). The number of anilines is 1. The highest BCUT2D eigenvalue weighted by Crippen LogP contribution is 2.28. The third-order valence-electron chi connectivity index (χ3n) is 2.76. The monoisotopic (exact) mass is 276 g/mol. The predicted octanol–water partition coefficient (Wildman–Crippen LogP) is 3.48. The van der Waals surface area contributed by atoms with Gasteiger partial charge in [-0.3, -0.25) is 4.79 Å².